The van der Waals surface area contributed by atoms with Crippen molar-refractivity contribution in [2.45, 2.75) is 70.8 Å². The van der Waals surface area contributed by atoms with E-state index in [1.54, 1.807) is 13.8 Å². The van der Waals surface area contributed by atoms with Crippen molar-refractivity contribution in [3.05, 3.63) is 29.3 Å². The highest BCUT2D eigenvalue weighted by molar-refractivity contribution is 7.91. The number of fused-ring (bicyclic) bond motifs is 1. The Hall–Kier alpha value is -0.845. The lowest BCUT2D eigenvalue weighted by Gasteiger charge is -2.32. The molecule has 1 aromatic carbocycles. The van der Waals surface area contributed by atoms with Gasteiger partial charge in [0.1, 0.15) is 0 Å². The minimum Gasteiger partial charge on any atom is -0.399 e. The van der Waals surface area contributed by atoms with Crippen LogP contribution in [0, 0.1) is 5.92 Å². The van der Waals surface area contributed by atoms with Gasteiger partial charge in [0.15, 0.2) is 9.84 Å². The number of hydrogen-bond donors (Lipinski definition) is 0. The van der Waals surface area contributed by atoms with Crippen molar-refractivity contribution in [3.63, 3.8) is 0 Å². The summed E-state index contributed by atoms with van der Waals surface area (Å²) in [6.07, 6.45) is 1.65. The van der Waals surface area contributed by atoms with Gasteiger partial charge in [-0.15, -0.1) is 0 Å². The van der Waals surface area contributed by atoms with E-state index in [2.05, 4.69) is 18.2 Å². The Morgan fingerprint density at radius 2 is 1.64 bits per heavy atom. The molecule has 3 rings (SSSR count). The third kappa shape index (κ3) is 3.53. The van der Waals surface area contributed by atoms with E-state index in [9.17, 15) is 8.42 Å². The summed E-state index contributed by atoms with van der Waals surface area (Å²) in [5, 5.41) is -0.309. The number of rotatable bonds is 4. The average Bonchev–Trinajstić information content (AvgIpc) is 2.94. The van der Waals surface area contributed by atoms with E-state index in [-0.39, 0.29) is 35.2 Å². The van der Waals surface area contributed by atoms with Gasteiger partial charge in [0.2, 0.25) is 0 Å². The molecule has 0 radical (unpaired) electrons. The van der Waals surface area contributed by atoms with Crippen LogP contribution in [0.5, 0.6) is 0 Å². The molecule has 0 bridgehead atoms. The van der Waals surface area contributed by atoms with Crippen LogP contribution >= 0.6 is 0 Å². The Morgan fingerprint density at radius 3 is 2.20 bits per heavy atom. The lowest BCUT2D eigenvalue weighted by atomic mass is 9.78. The van der Waals surface area contributed by atoms with E-state index >= 15 is 0 Å². The molecule has 0 unspecified atom stereocenters. The SMILES string of the molecule is CC(C)S(=O)(=O)C[C@@H]1Cc2ccc(B3OC(C)(C)C(C)(C)O3)cc2C1. The fourth-order valence-electron chi connectivity index (χ4n) is 3.49. The van der Waals surface area contributed by atoms with Gasteiger partial charge >= 0.3 is 7.12 Å². The summed E-state index contributed by atoms with van der Waals surface area (Å²) in [4.78, 5) is 0. The molecule has 0 saturated carbocycles. The number of hydrogen-bond acceptors (Lipinski definition) is 4. The zero-order chi connectivity index (χ0) is 18.6. The van der Waals surface area contributed by atoms with Crippen molar-refractivity contribution in [1.29, 1.82) is 0 Å². The number of sulfone groups is 1. The van der Waals surface area contributed by atoms with Crippen LogP contribution in [0.15, 0.2) is 18.2 Å². The molecule has 1 heterocycles. The molecule has 4 nitrogen and oxygen atoms in total. The first-order chi connectivity index (χ1) is 11.4. The first kappa shape index (κ1) is 18.9. The second-order valence-electron chi connectivity index (χ2n) is 8.77. The molecule has 1 atom stereocenters. The highest BCUT2D eigenvalue weighted by Gasteiger charge is 2.51. The van der Waals surface area contributed by atoms with Gasteiger partial charge < -0.3 is 9.31 Å². The zero-order valence-corrected chi connectivity index (χ0v) is 16.9. The summed E-state index contributed by atoms with van der Waals surface area (Å²) < 4.78 is 36.7. The fourth-order valence-corrected chi connectivity index (χ4v) is 4.77. The van der Waals surface area contributed by atoms with Crippen molar-refractivity contribution in [1.82, 2.24) is 0 Å². The predicted molar refractivity (Wildman–Crippen MR) is 102 cm³/mol. The highest BCUT2D eigenvalue weighted by Crippen LogP contribution is 2.37. The lowest BCUT2D eigenvalue weighted by molar-refractivity contribution is 0.00578. The van der Waals surface area contributed by atoms with E-state index in [1.165, 1.54) is 11.1 Å². The average molecular weight is 364 g/mol. The molecule has 25 heavy (non-hydrogen) atoms. The Bertz CT molecular complexity index is 752. The molecule has 0 aromatic heterocycles. The summed E-state index contributed by atoms with van der Waals surface area (Å²) >= 11 is 0. The van der Waals surface area contributed by atoms with E-state index in [0.717, 1.165) is 18.3 Å². The first-order valence-corrected chi connectivity index (χ1v) is 10.8. The third-order valence-electron chi connectivity index (χ3n) is 5.96. The summed E-state index contributed by atoms with van der Waals surface area (Å²) in [5.41, 5.74) is 2.79. The van der Waals surface area contributed by atoms with Crippen molar-refractivity contribution in [2.24, 2.45) is 5.92 Å². The van der Waals surface area contributed by atoms with Gasteiger partial charge in [-0.05, 0) is 76.9 Å². The summed E-state index contributed by atoms with van der Waals surface area (Å²) in [7, 11) is -3.37. The fraction of sp³-hybridized carbons (Fsp3) is 0.684. The highest BCUT2D eigenvalue weighted by atomic mass is 32.2. The summed E-state index contributed by atoms with van der Waals surface area (Å²) in [6, 6.07) is 6.30. The quantitative estimate of drug-likeness (QED) is 0.771. The zero-order valence-electron chi connectivity index (χ0n) is 16.1. The normalized spacial score (nSPS) is 24.8. The minimum atomic E-state index is -3.01. The van der Waals surface area contributed by atoms with Gasteiger partial charge in [-0.3, -0.25) is 0 Å². The summed E-state index contributed by atoms with van der Waals surface area (Å²) in [5.74, 6) is 0.446. The summed E-state index contributed by atoms with van der Waals surface area (Å²) in [6.45, 7) is 11.7. The van der Waals surface area contributed by atoms with Crippen LogP contribution in [0.4, 0.5) is 0 Å². The second kappa shape index (κ2) is 6.10. The van der Waals surface area contributed by atoms with Gasteiger partial charge in [0, 0.05) is 0 Å². The smallest absolute Gasteiger partial charge is 0.399 e. The van der Waals surface area contributed by atoms with Crippen molar-refractivity contribution < 1.29 is 17.7 Å². The van der Waals surface area contributed by atoms with E-state index in [4.69, 9.17) is 9.31 Å². The standard InChI is InChI=1S/C19H29BO4S/c1-13(2)25(21,22)12-14-9-15-7-8-17(11-16(15)10-14)20-23-18(3,4)19(5,6)24-20/h7-8,11,13-14H,9-10,12H2,1-6H3/t14-/m1/s1. The number of benzene rings is 1. The van der Waals surface area contributed by atoms with Crippen LogP contribution in [-0.4, -0.2) is 37.7 Å². The molecule has 138 valence electrons. The largest absolute Gasteiger partial charge is 0.494 e. The minimum absolute atomic E-state index is 0.177. The molecule has 1 saturated heterocycles. The van der Waals surface area contributed by atoms with Gasteiger partial charge in [0.25, 0.3) is 0 Å². The van der Waals surface area contributed by atoms with E-state index in [0.29, 0.717) is 0 Å². The Morgan fingerprint density at radius 1 is 1.08 bits per heavy atom. The first-order valence-electron chi connectivity index (χ1n) is 9.10. The molecule has 1 aromatic rings. The van der Waals surface area contributed by atoms with E-state index in [1.807, 2.05) is 27.7 Å². The maximum atomic E-state index is 12.2. The molecule has 1 aliphatic heterocycles. The molecular weight excluding hydrogens is 335 g/mol. The molecule has 6 heteroatoms. The van der Waals surface area contributed by atoms with Crippen LogP contribution in [0.25, 0.3) is 0 Å². The van der Waals surface area contributed by atoms with Crippen molar-refractivity contribution in [3.8, 4) is 0 Å². The van der Waals surface area contributed by atoms with Crippen LogP contribution < -0.4 is 5.46 Å². The monoisotopic (exact) mass is 364 g/mol. The molecule has 2 aliphatic rings. The van der Waals surface area contributed by atoms with E-state index < -0.39 is 9.84 Å². The van der Waals surface area contributed by atoms with Gasteiger partial charge in [-0.2, -0.15) is 0 Å². The van der Waals surface area contributed by atoms with Crippen LogP contribution in [0.3, 0.4) is 0 Å². The van der Waals surface area contributed by atoms with Crippen molar-refractivity contribution in [2.75, 3.05) is 5.75 Å². The molecule has 0 N–H and O–H groups in total. The van der Waals surface area contributed by atoms with Gasteiger partial charge in [-0.25, -0.2) is 8.42 Å². The Kier molecular flexibility index (Phi) is 4.62. The molecule has 1 fully saturated rings. The maximum absolute atomic E-state index is 12.2. The lowest BCUT2D eigenvalue weighted by Crippen LogP contribution is -2.41. The molecule has 1 aliphatic carbocycles. The van der Waals surface area contributed by atoms with Crippen LogP contribution in [-0.2, 0) is 32.0 Å². The van der Waals surface area contributed by atoms with Crippen LogP contribution in [0.2, 0.25) is 0 Å². The third-order valence-corrected chi connectivity index (χ3v) is 8.33. The van der Waals surface area contributed by atoms with Gasteiger partial charge in [-0.1, -0.05) is 18.2 Å². The predicted octanol–water partition coefficient (Wildman–Crippen LogP) is 2.52. The molecular formula is C19H29BO4S. The van der Waals surface area contributed by atoms with Crippen LogP contribution in [0.1, 0.15) is 52.7 Å². The van der Waals surface area contributed by atoms with Crippen molar-refractivity contribution >= 4 is 22.4 Å². The van der Waals surface area contributed by atoms with Gasteiger partial charge in [0.05, 0.1) is 22.2 Å². The Labute approximate surface area is 152 Å². The topological polar surface area (TPSA) is 52.6 Å². The second-order valence-corrected chi connectivity index (χ2v) is 11.4. The Balaban J connectivity index is 1.75. The molecule has 0 spiro atoms. The molecule has 0 amide bonds. The maximum Gasteiger partial charge on any atom is 0.494 e.